The molecule has 1 aliphatic heterocycles. The van der Waals surface area contributed by atoms with Gasteiger partial charge in [0.05, 0.1) is 25.4 Å². The van der Waals surface area contributed by atoms with E-state index in [2.05, 4.69) is 62.5 Å². The Morgan fingerprint density at radius 3 is 1.44 bits per heavy atom. The highest BCUT2D eigenvalue weighted by molar-refractivity contribution is 5.80. The fourth-order valence-corrected chi connectivity index (χ4v) is 9.66. The molecule has 0 saturated carbocycles. The van der Waals surface area contributed by atoms with Gasteiger partial charge in [0.1, 0.15) is 24.4 Å². The Balaban J connectivity index is 2.58. The largest absolute Gasteiger partial charge is 0.454 e. The molecular weight excluding hydrogens is 943 g/mol. The Morgan fingerprint density at radius 2 is 0.933 bits per heavy atom. The van der Waals surface area contributed by atoms with Crippen molar-refractivity contribution in [3.8, 4) is 0 Å². The van der Waals surface area contributed by atoms with Crippen molar-refractivity contribution >= 4 is 11.9 Å². The van der Waals surface area contributed by atoms with Gasteiger partial charge in [-0.3, -0.25) is 9.59 Å². The number of aliphatic hydroxyl groups excluding tert-OH is 5. The number of ether oxygens (including phenoxy) is 3. The van der Waals surface area contributed by atoms with Gasteiger partial charge in [0.25, 0.3) is 0 Å². The van der Waals surface area contributed by atoms with E-state index in [4.69, 9.17) is 14.2 Å². The number of esters is 1. The Labute approximate surface area is 459 Å². The number of aliphatic hydroxyl groups is 5. The first-order chi connectivity index (χ1) is 36.7. The predicted molar refractivity (Wildman–Crippen MR) is 310 cm³/mol. The minimum atomic E-state index is -1.61. The normalized spacial score (nSPS) is 19.5. The molecule has 11 nitrogen and oxygen atoms in total. The molecule has 0 bridgehead atoms. The van der Waals surface area contributed by atoms with Crippen LogP contribution in [-0.2, 0) is 23.8 Å². The van der Waals surface area contributed by atoms with Crippen molar-refractivity contribution in [2.75, 3.05) is 13.2 Å². The monoisotopic (exact) mass is 1060 g/mol. The highest BCUT2D eigenvalue weighted by Gasteiger charge is 2.47. The van der Waals surface area contributed by atoms with E-state index in [9.17, 15) is 35.1 Å². The van der Waals surface area contributed by atoms with E-state index >= 15 is 0 Å². The van der Waals surface area contributed by atoms with Crippen molar-refractivity contribution in [1.82, 2.24) is 5.32 Å². The van der Waals surface area contributed by atoms with Crippen LogP contribution in [-0.4, -0.2) is 99.6 Å². The molecule has 75 heavy (non-hydrogen) atoms. The molecule has 0 spiro atoms. The molecule has 1 amide bonds. The molecule has 1 saturated heterocycles. The lowest BCUT2D eigenvalue weighted by Crippen LogP contribution is -2.61. The van der Waals surface area contributed by atoms with Gasteiger partial charge < -0.3 is 45.1 Å². The molecule has 8 unspecified atom stereocenters. The maximum atomic E-state index is 13.4. The van der Waals surface area contributed by atoms with Gasteiger partial charge in [-0.25, -0.2) is 0 Å². The third-order valence-corrected chi connectivity index (χ3v) is 14.7. The number of carbonyl (C=O) groups is 2. The number of nitrogens with one attached hydrogen (secondary N) is 1. The molecule has 1 aliphatic rings. The van der Waals surface area contributed by atoms with E-state index in [-0.39, 0.29) is 13.0 Å². The number of allylic oxidation sites excluding steroid dienone is 7. The minimum Gasteiger partial charge on any atom is -0.454 e. The molecule has 438 valence electrons. The van der Waals surface area contributed by atoms with Crippen LogP contribution in [0.4, 0.5) is 0 Å². The van der Waals surface area contributed by atoms with Gasteiger partial charge >= 0.3 is 5.97 Å². The molecule has 6 N–H and O–H groups in total. The van der Waals surface area contributed by atoms with E-state index in [0.717, 1.165) is 83.5 Å². The van der Waals surface area contributed by atoms with E-state index in [1.54, 1.807) is 6.08 Å². The summed E-state index contributed by atoms with van der Waals surface area (Å²) in [6.07, 6.45) is 53.1. The van der Waals surface area contributed by atoms with Gasteiger partial charge in [-0.05, 0) is 77.0 Å². The average Bonchev–Trinajstić information content (AvgIpc) is 3.41. The summed E-state index contributed by atoms with van der Waals surface area (Å²) in [5.41, 5.74) is 0. The molecule has 8 atom stereocenters. The van der Waals surface area contributed by atoms with E-state index < -0.39 is 67.4 Å². The Hall–Kier alpha value is -2.38. The molecule has 11 heteroatoms. The van der Waals surface area contributed by atoms with Gasteiger partial charge in [-0.1, -0.05) is 249 Å². The molecular formula is C64H117NO10. The molecule has 0 aliphatic carbocycles. The fraction of sp³-hybridized carbons (Fsp3) is 0.844. The molecule has 1 heterocycles. The summed E-state index contributed by atoms with van der Waals surface area (Å²) in [6.45, 7) is 5.72. The van der Waals surface area contributed by atoms with Crippen molar-refractivity contribution in [2.45, 2.75) is 333 Å². The SMILES string of the molecule is CCCC/C=C\CCCCCCCC(=O)OC1C(OCC(NC(=O)C(O)CCCCCCCCCCCCCCCC/C=C\C/C=C\CCCCC)C(O)/C=C/CCCCCCCCCCC)OC(CO)C(O)C1O. The van der Waals surface area contributed by atoms with Crippen LogP contribution in [0.15, 0.2) is 48.6 Å². The number of amides is 1. The van der Waals surface area contributed by atoms with Crippen molar-refractivity contribution in [3.05, 3.63) is 48.6 Å². The first kappa shape index (κ1) is 70.6. The highest BCUT2D eigenvalue weighted by atomic mass is 16.7. The topological polar surface area (TPSA) is 175 Å². The Kier molecular flexibility index (Phi) is 49.3. The van der Waals surface area contributed by atoms with Gasteiger partial charge in [0.2, 0.25) is 5.91 Å². The van der Waals surface area contributed by atoms with Crippen LogP contribution >= 0.6 is 0 Å². The molecule has 0 aromatic heterocycles. The number of hydrogen-bond donors (Lipinski definition) is 6. The summed E-state index contributed by atoms with van der Waals surface area (Å²) in [4.78, 5) is 26.5. The lowest BCUT2D eigenvalue weighted by molar-refractivity contribution is -0.305. The second-order valence-electron chi connectivity index (χ2n) is 21.8. The van der Waals surface area contributed by atoms with Crippen LogP contribution in [0.25, 0.3) is 0 Å². The molecule has 1 fully saturated rings. The second kappa shape index (κ2) is 52.3. The molecule has 0 aromatic carbocycles. The summed E-state index contributed by atoms with van der Waals surface area (Å²) in [5.74, 6) is -1.20. The fourth-order valence-electron chi connectivity index (χ4n) is 9.66. The maximum absolute atomic E-state index is 13.4. The van der Waals surface area contributed by atoms with E-state index in [1.807, 2.05) is 6.08 Å². The second-order valence-corrected chi connectivity index (χ2v) is 21.8. The van der Waals surface area contributed by atoms with E-state index in [1.165, 1.54) is 154 Å². The summed E-state index contributed by atoms with van der Waals surface area (Å²) in [5, 5.41) is 56.9. The van der Waals surface area contributed by atoms with Crippen LogP contribution in [0.1, 0.15) is 284 Å². The zero-order valence-electron chi connectivity index (χ0n) is 48.4. The van der Waals surface area contributed by atoms with Crippen LogP contribution in [0.2, 0.25) is 0 Å². The smallest absolute Gasteiger partial charge is 0.306 e. The average molecular weight is 1060 g/mol. The van der Waals surface area contributed by atoms with Crippen LogP contribution in [0.3, 0.4) is 0 Å². The lowest BCUT2D eigenvalue weighted by atomic mass is 9.99. The molecule has 0 aromatic rings. The standard InChI is InChI=1S/C64H117NO10/c1-4-7-10-13-16-19-22-23-24-25-26-27-28-29-30-31-32-33-34-37-39-42-45-48-51-57(68)63(72)65-55(56(67)50-47-44-41-38-35-20-17-14-11-8-5-2)54-73-64-62(61(71)60(70)58(53-66)74-64)75-59(69)52-49-46-43-40-36-21-18-15-12-9-6-3/h15-16,18-19,23-24,47,50,55-58,60-62,64,66-68,70-71H,4-14,17,20-22,25-46,48-49,51-54H2,1-3H3,(H,65,72)/b18-15-,19-16-,24-23-,50-47+. The Bertz CT molecular complexity index is 1400. The quantitative estimate of drug-likeness (QED) is 0.0195. The zero-order chi connectivity index (χ0) is 54.7. The van der Waals surface area contributed by atoms with Gasteiger partial charge in [0, 0.05) is 6.42 Å². The summed E-state index contributed by atoms with van der Waals surface area (Å²) in [6, 6.07) is -1.02. The zero-order valence-corrected chi connectivity index (χ0v) is 48.4. The van der Waals surface area contributed by atoms with Crippen molar-refractivity contribution in [1.29, 1.82) is 0 Å². The number of unbranched alkanes of at least 4 members (excludes halogenated alkanes) is 33. The molecule has 1 rings (SSSR count). The van der Waals surface area contributed by atoms with Crippen LogP contribution < -0.4 is 5.32 Å². The van der Waals surface area contributed by atoms with E-state index in [0.29, 0.717) is 19.3 Å². The van der Waals surface area contributed by atoms with Gasteiger partial charge in [-0.2, -0.15) is 0 Å². The third-order valence-electron chi connectivity index (χ3n) is 14.7. The maximum Gasteiger partial charge on any atom is 0.306 e. The van der Waals surface area contributed by atoms with Crippen LogP contribution in [0.5, 0.6) is 0 Å². The molecule has 0 radical (unpaired) electrons. The number of rotatable bonds is 53. The third kappa shape index (κ3) is 40.5. The highest BCUT2D eigenvalue weighted by Crippen LogP contribution is 2.26. The summed E-state index contributed by atoms with van der Waals surface area (Å²) in [7, 11) is 0. The Morgan fingerprint density at radius 1 is 0.520 bits per heavy atom. The minimum absolute atomic E-state index is 0.114. The predicted octanol–water partition coefficient (Wildman–Crippen LogP) is 14.8. The lowest BCUT2D eigenvalue weighted by Gasteiger charge is -2.41. The van der Waals surface area contributed by atoms with Gasteiger partial charge in [0.15, 0.2) is 12.4 Å². The van der Waals surface area contributed by atoms with Gasteiger partial charge in [-0.15, -0.1) is 0 Å². The first-order valence-corrected chi connectivity index (χ1v) is 31.4. The first-order valence-electron chi connectivity index (χ1n) is 31.4. The van der Waals surface area contributed by atoms with Crippen LogP contribution in [0, 0.1) is 0 Å². The van der Waals surface area contributed by atoms with Crippen molar-refractivity contribution in [3.63, 3.8) is 0 Å². The summed E-state index contributed by atoms with van der Waals surface area (Å²) >= 11 is 0. The summed E-state index contributed by atoms with van der Waals surface area (Å²) < 4.78 is 17.6. The van der Waals surface area contributed by atoms with Crippen molar-refractivity contribution in [2.24, 2.45) is 0 Å². The number of carbonyl (C=O) groups excluding carboxylic acids is 2. The van der Waals surface area contributed by atoms with Crippen molar-refractivity contribution < 1.29 is 49.3 Å². The number of hydrogen-bond acceptors (Lipinski definition) is 10.